The van der Waals surface area contributed by atoms with Crippen LogP contribution in [-0.4, -0.2) is 59.1 Å². The number of hydrogen-bond donors (Lipinski definition) is 2. The van der Waals surface area contributed by atoms with Crippen molar-refractivity contribution in [3.8, 4) is 0 Å². The van der Waals surface area contributed by atoms with Crippen LogP contribution >= 0.6 is 0 Å². The molecule has 10 nitrogen and oxygen atoms in total. The van der Waals surface area contributed by atoms with E-state index < -0.39 is 6.09 Å². The van der Waals surface area contributed by atoms with Gasteiger partial charge in [0.15, 0.2) is 11.6 Å². The van der Waals surface area contributed by atoms with Gasteiger partial charge in [-0.2, -0.15) is 0 Å². The van der Waals surface area contributed by atoms with E-state index in [1.54, 1.807) is 0 Å². The van der Waals surface area contributed by atoms with Crippen molar-refractivity contribution in [1.29, 1.82) is 0 Å². The van der Waals surface area contributed by atoms with Crippen molar-refractivity contribution in [3.05, 3.63) is 37.0 Å². The van der Waals surface area contributed by atoms with Gasteiger partial charge < -0.3 is 10.0 Å². The first kappa shape index (κ1) is 13.2. The Morgan fingerprint density at radius 2 is 1.43 bits per heavy atom. The van der Waals surface area contributed by atoms with Crippen LogP contribution in [-0.2, 0) is 0 Å². The summed E-state index contributed by atoms with van der Waals surface area (Å²) in [6, 6.07) is -0.695. The van der Waals surface area contributed by atoms with Crippen molar-refractivity contribution in [2.24, 2.45) is 0 Å². The molecule has 2 aromatic rings. The lowest BCUT2D eigenvalue weighted by atomic mass is 10.1. The van der Waals surface area contributed by atoms with Crippen molar-refractivity contribution in [2.45, 2.75) is 12.1 Å². The van der Waals surface area contributed by atoms with Crippen LogP contribution in [0.3, 0.4) is 0 Å². The predicted molar refractivity (Wildman–Crippen MR) is 67.9 cm³/mol. The molecular formula is C11H12N8O2. The maximum atomic E-state index is 11.3. The van der Waals surface area contributed by atoms with Gasteiger partial charge in [0.25, 0.3) is 0 Å². The van der Waals surface area contributed by atoms with Crippen LogP contribution in [0, 0.1) is 0 Å². The largest absolute Gasteiger partial charge is 0.465 e. The quantitative estimate of drug-likeness (QED) is 0.745. The molecule has 1 aliphatic heterocycles. The molecule has 0 aliphatic carbocycles. The SMILES string of the molecule is O=C(O)N1CC(c2ncncn2)NC(c2ncncn2)C1. The smallest absolute Gasteiger partial charge is 0.407 e. The van der Waals surface area contributed by atoms with E-state index in [9.17, 15) is 9.90 Å². The summed E-state index contributed by atoms with van der Waals surface area (Å²) in [5, 5.41) is 12.5. The summed E-state index contributed by atoms with van der Waals surface area (Å²) in [6.45, 7) is 0.502. The fraction of sp³-hybridized carbons (Fsp3) is 0.364. The molecule has 10 heteroatoms. The fourth-order valence-corrected chi connectivity index (χ4v) is 2.19. The van der Waals surface area contributed by atoms with Crippen LogP contribution in [0.15, 0.2) is 25.3 Å². The van der Waals surface area contributed by atoms with Gasteiger partial charge >= 0.3 is 6.09 Å². The summed E-state index contributed by atoms with van der Waals surface area (Å²) in [5.41, 5.74) is 0. The Labute approximate surface area is 119 Å². The van der Waals surface area contributed by atoms with Crippen LogP contribution in [0.1, 0.15) is 23.7 Å². The van der Waals surface area contributed by atoms with Crippen molar-refractivity contribution >= 4 is 6.09 Å². The molecule has 1 aliphatic rings. The van der Waals surface area contributed by atoms with Crippen LogP contribution < -0.4 is 5.32 Å². The third kappa shape index (κ3) is 2.89. The zero-order valence-corrected chi connectivity index (χ0v) is 10.9. The lowest BCUT2D eigenvalue weighted by Crippen LogP contribution is -2.50. The van der Waals surface area contributed by atoms with E-state index in [1.165, 1.54) is 30.2 Å². The van der Waals surface area contributed by atoms with Crippen molar-refractivity contribution in [3.63, 3.8) is 0 Å². The number of carboxylic acid groups (broad SMARTS) is 1. The molecule has 1 amide bonds. The molecule has 3 rings (SSSR count). The van der Waals surface area contributed by atoms with Gasteiger partial charge in [-0.15, -0.1) is 0 Å². The highest BCUT2D eigenvalue weighted by Crippen LogP contribution is 2.22. The Balaban J connectivity index is 1.87. The number of carbonyl (C=O) groups is 1. The molecule has 2 unspecified atom stereocenters. The van der Waals surface area contributed by atoms with Crippen LogP contribution in [0.4, 0.5) is 4.79 Å². The van der Waals surface area contributed by atoms with Crippen LogP contribution in [0.2, 0.25) is 0 Å². The number of amides is 1. The highest BCUT2D eigenvalue weighted by Gasteiger charge is 2.33. The molecule has 21 heavy (non-hydrogen) atoms. The van der Waals surface area contributed by atoms with E-state index >= 15 is 0 Å². The number of rotatable bonds is 2. The minimum atomic E-state index is -1.00. The van der Waals surface area contributed by atoms with Crippen molar-refractivity contribution < 1.29 is 9.90 Å². The second-order valence-electron chi connectivity index (χ2n) is 4.45. The minimum absolute atomic E-state index is 0.251. The third-order valence-corrected chi connectivity index (χ3v) is 3.13. The number of hydrogen-bond acceptors (Lipinski definition) is 8. The first-order valence-electron chi connectivity index (χ1n) is 6.22. The summed E-state index contributed by atoms with van der Waals surface area (Å²) in [7, 11) is 0. The highest BCUT2D eigenvalue weighted by molar-refractivity contribution is 5.65. The molecule has 1 saturated heterocycles. The summed E-state index contributed by atoms with van der Waals surface area (Å²) in [4.78, 5) is 36.4. The lowest BCUT2D eigenvalue weighted by Gasteiger charge is -2.35. The Hall–Kier alpha value is -2.75. The molecule has 2 atom stereocenters. The molecule has 3 heterocycles. The van der Waals surface area contributed by atoms with E-state index in [0.717, 1.165) is 0 Å². The summed E-state index contributed by atoms with van der Waals surface area (Å²) in [6.07, 6.45) is 4.50. The first-order valence-corrected chi connectivity index (χ1v) is 6.22. The molecule has 2 N–H and O–H groups in total. The third-order valence-electron chi connectivity index (χ3n) is 3.13. The number of nitrogens with one attached hydrogen (secondary N) is 1. The van der Waals surface area contributed by atoms with E-state index in [-0.39, 0.29) is 25.2 Å². The molecule has 2 aromatic heterocycles. The minimum Gasteiger partial charge on any atom is -0.465 e. The van der Waals surface area contributed by atoms with Gasteiger partial charge in [-0.1, -0.05) is 0 Å². The molecule has 0 saturated carbocycles. The highest BCUT2D eigenvalue weighted by atomic mass is 16.4. The predicted octanol–water partition coefficient (Wildman–Crippen LogP) is -0.578. The lowest BCUT2D eigenvalue weighted by molar-refractivity contribution is 0.112. The Morgan fingerprint density at radius 3 is 1.81 bits per heavy atom. The van der Waals surface area contributed by atoms with Gasteiger partial charge in [0.1, 0.15) is 25.3 Å². The van der Waals surface area contributed by atoms with Crippen molar-refractivity contribution in [1.82, 2.24) is 40.1 Å². The molecule has 0 radical (unpaired) electrons. The van der Waals surface area contributed by atoms with E-state index in [4.69, 9.17) is 0 Å². The maximum Gasteiger partial charge on any atom is 0.407 e. The topological polar surface area (TPSA) is 130 Å². The number of aromatic nitrogens is 6. The standard InChI is InChI=1S/C11H12N8O2/c20-11(21)19-1-7(9-14-3-12-4-15-9)18-8(2-19)10-16-5-13-6-17-10/h3-8,18H,1-2H2,(H,20,21). The first-order chi connectivity index (χ1) is 10.2. The van der Waals surface area contributed by atoms with Gasteiger partial charge in [0, 0.05) is 13.1 Å². The van der Waals surface area contributed by atoms with Gasteiger partial charge in [-0.05, 0) is 0 Å². The molecule has 0 spiro atoms. The zero-order valence-electron chi connectivity index (χ0n) is 10.9. The van der Waals surface area contributed by atoms with E-state index in [1.807, 2.05) is 0 Å². The summed E-state index contributed by atoms with van der Waals surface area (Å²) in [5.74, 6) is 0.963. The second kappa shape index (κ2) is 5.71. The number of piperazine rings is 1. The molecule has 0 bridgehead atoms. The Bertz CT molecular complexity index is 563. The second-order valence-corrected chi connectivity index (χ2v) is 4.45. The monoisotopic (exact) mass is 288 g/mol. The maximum absolute atomic E-state index is 11.3. The van der Waals surface area contributed by atoms with Crippen LogP contribution in [0.25, 0.3) is 0 Å². The number of nitrogens with zero attached hydrogens (tertiary/aromatic N) is 7. The van der Waals surface area contributed by atoms with E-state index in [0.29, 0.717) is 11.6 Å². The fourth-order valence-electron chi connectivity index (χ4n) is 2.19. The van der Waals surface area contributed by atoms with Gasteiger partial charge in [-0.25, -0.2) is 34.7 Å². The normalized spacial score (nSPS) is 22.0. The Morgan fingerprint density at radius 1 is 1.00 bits per heavy atom. The van der Waals surface area contributed by atoms with Crippen molar-refractivity contribution in [2.75, 3.05) is 13.1 Å². The van der Waals surface area contributed by atoms with E-state index in [2.05, 4.69) is 35.2 Å². The molecular weight excluding hydrogens is 276 g/mol. The van der Waals surface area contributed by atoms with Crippen LogP contribution in [0.5, 0.6) is 0 Å². The summed E-state index contributed by atoms with van der Waals surface area (Å²) < 4.78 is 0. The molecule has 108 valence electrons. The molecule has 0 aromatic carbocycles. The molecule has 1 fully saturated rings. The zero-order chi connectivity index (χ0) is 14.7. The Kier molecular flexibility index (Phi) is 3.60. The average Bonchev–Trinajstić information content (AvgIpc) is 2.56. The van der Waals surface area contributed by atoms with Gasteiger partial charge in [-0.3, -0.25) is 5.32 Å². The summed E-state index contributed by atoms with van der Waals surface area (Å²) >= 11 is 0. The van der Waals surface area contributed by atoms with Gasteiger partial charge in [0.05, 0.1) is 12.1 Å². The average molecular weight is 288 g/mol. The van der Waals surface area contributed by atoms with Gasteiger partial charge in [0.2, 0.25) is 0 Å².